The molecule has 0 bridgehead atoms. The molecular formula is C13H12N2OS. The molecule has 0 spiro atoms. The summed E-state index contributed by atoms with van der Waals surface area (Å²) in [5, 5.41) is 2.74. The summed E-state index contributed by atoms with van der Waals surface area (Å²) < 4.78 is 0. The van der Waals surface area contributed by atoms with Crippen LogP contribution < -0.4 is 5.32 Å². The van der Waals surface area contributed by atoms with Gasteiger partial charge < -0.3 is 5.32 Å². The zero-order valence-electron chi connectivity index (χ0n) is 9.17. The summed E-state index contributed by atoms with van der Waals surface area (Å²) in [6.07, 6.45) is 1.65. The highest BCUT2D eigenvalue weighted by atomic mass is 32.2. The van der Waals surface area contributed by atoms with Crippen molar-refractivity contribution in [3.63, 3.8) is 0 Å². The Hall–Kier alpha value is -1.81. The van der Waals surface area contributed by atoms with Crippen LogP contribution in [0.3, 0.4) is 0 Å². The summed E-state index contributed by atoms with van der Waals surface area (Å²) in [7, 11) is 0. The van der Waals surface area contributed by atoms with Crippen molar-refractivity contribution in [2.24, 2.45) is 0 Å². The van der Waals surface area contributed by atoms with E-state index in [4.69, 9.17) is 0 Å². The first-order valence-corrected chi connectivity index (χ1v) is 6.22. The Morgan fingerprint density at radius 2 is 1.88 bits per heavy atom. The standard InChI is InChI=1S/C13H12N2OS/c16-13(15-12-8-4-5-9-14-12)10-17-11-6-2-1-3-7-11/h1-9H,10H2,(H,14,15,16). The zero-order chi connectivity index (χ0) is 11.9. The first-order valence-electron chi connectivity index (χ1n) is 5.23. The number of benzene rings is 1. The lowest BCUT2D eigenvalue weighted by atomic mass is 10.4. The number of anilines is 1. The van der Waals surface area contributed by atoms with Gasteiger partial charge in [0.15, 0.2) is 0 Å². The lowest BCUT2D eigenvalue weighted by Gasteiger charge is -2.03. The van der Waals surface area contributed by atoms with Crippen molar-refractivity contribution < 1.29 is 4.79 Å². The van der Waals surface area contributed by atoms with Gasteiger partial charge in [0, 0.05) is 11.1 Å². The number of nitrogens with zero attached hydrogens (tertiary/aromatic N) is 1. The Morgan fingerprint density at radius 3 is 2.59 bits per heavy atom. The summed E-state index contributed by atoms with van der Waals surface area (Å²) >= 11 is 1.51. The van der Waals surface area contributed by atoms with Crippen LogP contribution in [-0.2, 0) is 4.79 Å². The van der Waals surface area contributed by atoms with Crippen LogP contribution in [0.4, 0.5) is 5.82 Å². The van der Waals surface area contributed by atoms with Gasteiger partial charge in [0.25, 0.3) is 0 Å². The van der Waals surface area contributed by atoms with Crippen molar-refractivity contribution in [3.8, 4) is 0 Å². The smallest absolute Gasteiger partial charge is 0.235 e. The molecule has 0 saturated carbocycles. The van der Waals surface area contributed by atoms with Crippen LogP contribution in [-0.4, -0.2) is 16.6 Å². The first-order chi connectivity index (χ1) is 8.34. The van der Waals surface area contributed by atoms with E-state index in [0.717, 1.165) is 4.90 Å². The Kier molecular flexibility index (Phi) is 4.16. The van der Waals surface area contributed by atoms with Gasteiger partial charge in [-0.1, -0.05) is 24.3 Å². The van der Waals surface area contributed by atoms with Gasteiger partial charge in [0.05, 0.1) is 5.75 Å². The van der Waals surface area contributed by atoms with E-state index in [0.29, 0.717) is 11.6 Å². The van der Waals surface area contributed by atoms with E-state index < -0.39 is 0 Å². The van der Waals surface area contributed by atoms with Crippen LogP contribution in [0, 0.1) is 0 Å². The topological polar surface area (TPSA) is 42.0 Å². The van der Waals surface area contributed by atoms with Crippen LogP contribution in [0.1, 0.15) is 0 Å². The molecule has 0 radical (unpaired) electrons. The Bertz CT molecular complexity index is 473. The van der Waals surface area contributed by atoms with Crippen molar-refractivity contribution in [3.05, 3.63) is 54.7 Å². The molecule has 17 heavy (non-hydrogen) atoms. The molecule has 0 aliphatic rings. The summed E-state index contributed by atoms with van der Waals surface area (Å²) in [4.78, 5) is 16.7. The number of hydrogen-bond donors (Lipinski definition) is 1. The fourth-order valence-corrected chi connectivity index (χ4v) is 2.00. The Morgan fingerprint density at radius 1 is 1.12 bits per heavy atom. The number of aromatic nitrogens is 1. The molecule has 0 unspecified atom stereocenters. The van der Waals surface area contributed by atoms with Gasteiger partial charge >= 0.3 is 0 Å². The van der Waals surface area contributed by atoms with Crippen LogP contribution in [0.2, 0.25) is 0 Å². The fraction of sp³-hybridized carbons (Fsp3) is 0.0769. The summed E-state index contributed by atoms with van der Waals surface area (Å²) in [5.41, 5.74) is 0. The van der Waals surface area contributed by atoms with Gasteiger partial charge in [-0.25, -0.2) is 4.98 Å². The maximum absolute atomic E-state index is 11.6. The molecular weight excluding hydrogens is 232 g/mol. The summed E-state index contributed by atoms with van der Waals surface area (Å²) in [5.74, 6) is 0.935. The molecule has 0 saturated heterocycles. The van der Waals surface area contributed by atoms with E-state index in [2.05, 4.69) is 10.3 Å². The highest BCUT2D eigenvalue weighted by Crippen LogP contribution is 2.16. The van der Waals surface area contributed by atoms with Gasteiger partial charge in [-0.2, -0.15) is 0 Å². The second kappa shape index (κ2) is 6.06. The van der Waals surface area contributed by atoms with Gasteiger partial charge in [-0.15, -0.1) is 11.8 Å². The van der Waals surface area contributed by atoms with Crippen LogP contribution in [0.5, 0.6) is 0 Å². The number of nitrogens with one attached hydrogen (secondary N) is 1. The van der Waals surface area contributed by atoms with Gasteiger partial charge in [0.2, 0.25) is 5.91 Å². The van der Waals surface area contributed by atoms with Crippen molar-refractivity contribution in [2.45, 2.75) is 4.90 Å². The molecule has 4 heteroatoms. The average molecular weight is 244 g/mol. The van der Waals surface area contributed by atoms with Gasteiger partial charge in [-0.3, -0.25) is 4.79 Å². The fourth-order valence-electron chi connectivity index (χ4n) is 1.28. The highest BCUT2D eigenvalue weighted by Gasteiger charge is 2.03. The minimum Gasteiger partial charge on any atom is -0.310 e. The second-order valence-corrected chi connectivity index (χ2v) is 4.41. The third-order valence-electron chi connectivity index (χ3n) is 2.05. The van der Waals surface area contributed by atoms with Crippen molar-refractivity contribution in [1.29, 1.82) is 0 Å². The molecule has 1 N–H and O–H groups in total. The van der Waals surface area contributed by atoms with Crippen molar-refractivity contribution >= 4 is 23.5 Å². The SMILES string of the molecule is O=C(CSc1ccccc1)Nc1ccccn1. The summed E-state index contributed by atoms with van der Waals surface area (Å²) in [6, 6.07) is 15.3. The molecule has 2 aromatic rings. The number of thioether (sulfide) groups is 1. The predicted octanol–water partition coefficient (Wildman–Crippen LogP) is 2.81. The van der Waals surface area contributed by atoms with Crippen LogP contribution in [0.25, 0.3) is 0 Å². The predicted molar refractivity (Wildman–Crippen MR) is 70.0 cm³/mol. The van der Waals surface area contributed by atoms with E-state index in [1.807, 2.05) is 42.5 Å². The van der Waals surface area contributed by atoms with E-state index in [1.54, 1.807) is 12.3 Å². The number of pyridine rings is 1. The zero-order valence-corrected chi connectivity index (χ0v) is 9.98. The highest BCUT2D eigenvalue weighted by molar-refractivity contribution is 8.00. The second-order valence-electron chi connectivity index (χ2n) is 3.36. The van der Waals surface area contributed by atoms with E-state index >= 15 is 0 Å². The molecule has 3 nitrogen and oxygen atoms in total. The lowest BCUT2D eigenvalue weighted by Crippen LogP contribution is -2.14. The number of carbonyl (C=O) groups is 1. The first kappa shape index (κ1) is 11.7. The normalized spacial score (nSPS) is 9.88. The van der Waals surface area contributed by atoms with Gasteiger partial charge in [0.1, 0.15) is 5.82 Å². The molecule has 1 aromatic carbocycles. The largest absolute Gasteiger partial charge is 0.310 e. The van der Waals surface area contributed by atoms with Crippen LogP contribution in [0.15, 0.2) is 59.6 Å². The Labute approximate surface area is 104 Å². The third kappa shape index (κ3) is 3.92. The Balaban J connectivity index is 1.83. The summed E-state index contributed by atoms with van der Waals surface area (Å²) in [6.45, 7) is 0. The molecule has 1 heterocycles. The molecule has 1 amide bonds. The number of amides is 1. The number of carbonyl (C=O) groups excluding carboxylic acids is 1. The van der Waals surface area contributed by atoms with E-state index in [1.165, 1.54) is 11.8 Å². The van der Waals surface area contributed by atoms with E-state index in [9.17, 15) is 4.79 Å². The maximum Gasteiger partial charge on any atom is 0.235 e. The molecule has 0 aliphatic carbocycles. The molecule has 1 aromatic heterocycles. The number of hydrogen-bond acceptors (Lipinski definition) is 3. The quantitative estimate of drug-likeness (QED) is 0.841. The van der Waals surface area contributed by atoms with Gasteiger partial charge in [-0.05, 0) is 24.3 Å². The van der Waals surface area contributed by atoms with Crippen molar-refractivity contribution in [1.82, 2.24) is 4.98 Å². The molecule has 0 aliphatic heterocycles. The third-order valence-corrected chi connectivity index (χ3v) is 3.06. The lowest BCUT2D eigenvalue weighted by molar-refractivity contribution is -0.113. The maximum atomic E-state index is 11.6. The molecule has 86 valence electrons. The number of rotatable bonds is 4. The molecule has 0 fully saturated rings. The minimum absolute atomic E-state index is 0.0439. The van der Waals surface area contributed by atoms with Crippen LogP contribution >= 0.6 is 11.8 Å². The molecule has 0 atom stereocenters. The van der Waals surface area contributed by atoms with Crippen molar-refractivity contribution in [2.75, 3.05) is 11.1 Å². The minimum atomic E-state index is -0.0439. The monoisotopic (exact) mass is 244 g/mol. The molecule has 2 rings (SSSR count). The van der Waals surface area contributed by atoms with E-state index in [-0.39, 0.29) is 5.91 Å². The average Bonchev–Trinajstić information content (AvgIpc) is 2.39.